The highest BCUT2D eigenvalue weighted by atomic mass is 19.2. The normalized spacial score (nSPS) is 18.4. The molecular formula is C21H22F3N3O4. The van der Waals surface area contributed by atoms with E-state index in [0.717, 1.165) is 19.4 Å². The number of benzene rings is 1. The van der Waals surface area contributed by atoms with E-state index < -0.39 is 41.6 Å². The van der Waals surface area contributed by atoms with Crippen molar-refractivity contribution in [3.8, 4) is 16.9 Å². The molecule has 1 aliphatic rings. The fourth-order valence-electron chi connectivity index (χ4n) is 3.72. The van der Waals surface area contributed by atoms with Gasteiger partial charge >= 0.3 is 0 Å². The van der Waals surface area contributed by atoms with Crippen LogP contribution in [0.15, 0.2) is 24.4 Å². The molecule has 1 fully saturated rings. The lowest BCUT2D eigenvalue weighted by Gasteiger charge is -2.28. The molecule has 166 valence electrons. The summed E-state index contributed by atoms with van der Waals surface area (Å²) in [6.45, 7) is -0.622. The SMILES string of the molecule is COc1c(-c2cc(NC(=O)[C@H]3CCC[C@@H](NC(=O)CO)C3)ncc2F)ccc(F)c1F. The molecular weight excluding hydrogens is 415 g/mol. The molecule has 3 N–H and O–H groups in total. The summed E-state index contributed by atoms with van der Waals surface area (Å²) < 4.78 is 46.8. The number of nitrogens with one attached hydrogen (secondary N) is 2. The summed E-state index contributed by atoms with van der Waals surface area (Å²) >= 11 is 0. The zero-order chi connectivity index (χ0) is 22.5. The van der Waals surface area contributed by atoms with E-state index in [1.807, 2.05) is 0 Å². The smallest absolute Gasteiger partial charge is 0.245 e. The van der Waals surface area contributed by atoms with Gasteiger partial charge in [-0.15, -0.1) is 0 Å². The fourth-order valence-corrected chi connectivity index (χ4v) is 3.72. The van der Waals surface area contributed by atoms with Crippen LogP contribution in [0.1, 0.15) is 25.7 Å². The monoisotopic (exact) mass is 437 g/mol. The Morgan fingerprint density at radius 3 is 2.68 bits per heavy atom. The number of anilines is 1. The number of ether oxygens (including phenoxy) is 1. The van der Waals surface area contributed by atoms with Crippen molar-refractivity contribution in [2.45, 2.75) is 31.7 Å². The standard InChI is InChI=1S/C21H22F3N3O4/c1-31-20-13(5-6-15(22)19(20)24)14-8-17(25-9-16(14)23)27-21(30)11-3-2-4-12(7-11)26-18(29)10-28/h5-6,8-9,11-12,28H,2-4,7,10H2,1H3,(H,26,29)(H,25,27,30)/t11-,12+/m0/s1. The molecule has 1 saturated carbocycles. The van der Waals surface area contributed by atoms with Gasteiger partial charge in [-0.2, -0.15) is 4.39 Å². The molecule has 3 rings (SSSR count). The second kappa shape index (κ2) is 9.78. The van der Waals surface area contributed by atoms with E-state index in [2.05, 4.69) is 15.6 Å². The lowest BCUT2D eigenvalue weighted by molar-refractivity contribution is -0.126. The van der Waals surface area contributed by atoms with Gasteiger partial charge in [0.05, 0.1) is 13.3 Å². The van der Waals surface area contributed by atoms with E-state index in [-0.39, 0.29) is 28.9 Å². The van der Waals surface area contributed by atoms with Gasteiger partial charge in [0.25, 0.3) is 0 Å². The quantitative estimate of drug-likeness (QED) is 0.645. The molecule has 0 spiro atoms. The van der Waals surface area contributed by atoms with E-state index in [4.69, 9.17) is 9.84 Å². The first kappa shape index (κ1) is 22.5. The van der Waals surface area contributed by atoms with E-state index in [1.54, 1.807) is 0 Å². The fraction of sp³-hybridized carbons (Fsp3) is 0.381. The van der Waals surface area contributed by atoms with Crippen molar-refractivity contribution in [1.29, 1.82) is 0 Å². The predicted octanol–water partition coefficient (Wildman–Crippen LogP) is 2.78. The Morgan fingerprint density at radius 1 is 1.19 bits per heavy atom. The molecule has 1 aromatic carbocycles. The molecule has 2 aromatic rings. The summed E-state index contributed by atoms with van der Waals surface area (Å²) in [4.78, 5) is 27.9. The molecule has 1 aliphatic carbocycles. The largest absolute Gasteiger partial charge is 0.493 e. The number of rotatable bonds is 6. The molecule has 0 unspecified atom stereocenters. The van der Waals surface area contributed by atoms with Gasteiger partial charge in [0.1, 0.15) is 18.2 Å². The average Bonchev–Trinajstić information content (AvgIpc) is 2.77. The number of aliphatic hydroxyl groups excluding tert-OH is 1. The van der Waals surface area contributed by atoms with Gasteiger partial charge in [0.15, 0.2) is 11.6 Å². The number of carbonyl (C=O) groups is 2. The Bertz CT molecular complexity index is 987. The summed E-state index contributed by atoms with van der Waals surface area (Å²) in [5.41, 5.74) is -0.140. The first-order valence-electron chi connectivity index (χ1n) is 9.73. The van der Waals surface area contributed by atoms with Crippen molar-refractivity contribution in [2.75, 3.05) is 19.0 Å². The minimum Gasteiger partial charge on any atom is -0.493 e. The van der Waals surface area contributed by atoms with Gasteiger partial charge in [-0.1, -0.05) is 6.42 Å². The second-order valence-corrected chi connectivity index (χ2v) is 7.27. The molecule has 0 saturated heterocycles. The van der Waals surface area contributed by atoms with Gasteiger partial charge in [0.2, 0.25) is 17.6 Å². The molecule has 2 atom stereocenters. The number of pyridine rings is 1. The molecule has 1 heterocycles. The van der Waals surface area contributed by atoms with Crippen LogP contribution < -0.4 is 15.4 Å². The molecule has 0 aliphatic heterocycles. The maximum Gasteiger partial charge on any atom is 0.245 e. The van der Waals surface area contributed by atoms with Crippen molar-refractivity contribution in [3.05, 3.63) is 41.8 Å². The van der Waals surface area contributed by atoms with Crippen LogP contribution in [0.4, 0.5) is 19.0 Å². The van der Waals surface area contributed by atoms with E-state index in [9.17, 15) is 22.8 Å². The molecule has 1 aromatic heterocycles. The van der Waals surface area contributed by atoms with Crippen LogP contribution in [0.25, 0.3) is 11.1 Å². The highest BCUT2D eigenvalue weighted by Gasteiger charge is 2.28. The number of carbonyl (C=O) groups excluding carboxylic acids is 2. The third-order valence-electron chi connectivity index (χ3n) is 5.20. The Balaban J connectivity index is 1.79. The first-order valence-corrected chi connectivity index (χ1v) is 9.73. The van der Waals surface area contributed by atoms with Crippen molar-refractivity contribution in [2.24, 2.45) is 5.92 Å². The van der Waals surface area contributed by atoms with Crippen LogP contribution in [0, 0.1) is 23.4 Å². The van der Waals surface area contributed by atoms with Crippen molar-refractivity contribution in [3.63, 3.8) is 0 Å². The van der Waals surface area contributed by atoms with E-state index in [1.165, 1.54) is 12.1 Å². The Morgan fingerprint density at radius 2 is 1.97 bits per heavy atom. The summed E-state index contributed by atoms with van der Waals surface area (Å²) in [5.74, 6) is -4.88. The second-order valence-electron chi connectivity index (χ2n) is 7.27. The Kier molecular flexibility index (Phi) is 7.11. The average molecular weight is 437 g/mol. The number of hydrogen-bond acceptors (Lipinski definition) is 5. The molecule has 0 radical (unpaired) electrons. The van der Waals surface area contributed by atoms with Gasteiger partial charge in [-0.05, 0) is 37.5 Å². The minimum atomic E-state index is -1.25. The summed E-state index contributed by atoms with van der Waals surface area (Å²) in [6, 6.07) is 3.02. The predicted molar refractivity (Wildman–Crippen MR) is 106 cm³/mol. The summed E-state index contributed by atoms with van der Waals surface area (Å²) in [5, 5.41) is 14.1. The summed E-state index contributed by atoms with van der Waals surface area (Å²) in [7, 11) is 1.14. The molecule has 31 heavy (non-hydrogen) atoms. The molecule has 0 bridgehead atoms. The Labute approximate surface area is 176 Å². The van der Waals surface area contributed by atoms with Crippen LogP contribution in [0.5, 0.6) is 5.75 Å². The van der Waals surface area contributed by atoms with Crippen LogP contribution in [-0.4, -0.2) is 41.7 Å². The topological polar surface area (TPSA) is 101 Å². The number of aliphatic hydroxyl groups is 1. The van der Waals surface area contributed by atoms with Crippen molar-refractivity contribution in [1.82, 2.24) is 10.3 Å². The highest BCUT2D eigenvalue weighted by Crippen LogP contribution is 2.36. The zero-order valence-corrected chi connectivity index (χ0v) is 16.8. The van der Waals surface area contributed by atoms with Crippen LogP contribution in [0.2, 0.25) is 0 Å². The van der Waals surface area contributed by atoms with E-state index in [0.29, 0.717) is 25.7 Å². The van der Waals surface area contributed by atoms with Crippen LogP contribution in [-0.2, 0) is 9.59 Å². The Hall–Kier alpha value is -3.14. The minimum absolute atomic E-state index is 0.0266. The number of aromatic nitrogens is 1. The lowest BCUT2D eigenvalue weighted by atomic mass is 9.85. The molecule has 2 amide bonds. The lowest BCUT2D eigenvalue weighted by Crippen LogP contribution is -2.42. The van der Waals surface area contributed by atoms with Gasteiger partial charge in [0, 0.05) is 23.1 Å². The number of nitrogens with zero attached hydrogens (tertiary/aromatic N) is 1. The number of amides is 2. The summed E-state index contributed by atoms with van der Waals surface area (Å²) in [6.07, 6.45) is 3.27. The third-order valence-corrected chi connectivity index (χ3v) is 5.20. The number of hydrogen-bond donors (Lipinski definition) is 3. The maximum absolute atomic E-state index is 14.4. The van der Waals surface area contributed by atoms with Crippen molar-refractivity contribution >= 4 is 17.6 Å². The molecule has 7 nitrogen and oxygen atoms in total. The number of methoxy groups -OCH3 is 1. The van der Waals surface area contributed by atoms with Crippen LogP contribution in [0.3, 0.4) is 0 Å². The van der Waals surface area contributed by atoms with Gasteiger partial charge in [-0.25, -0.2) is 13.8 Å². The maximum atomic E-state index is 14.4. The van der Waals surface area contributed by atoms with E-state index >= 15 is 0 Å². The zero-order valence-electron chi connectivity index (χ0n) is 16.8. The van der Waals surface area contributed by atoms with Gasteiger partial charge in [-0.3, -0.25) is 9.59 Å². The number of halogens is 3. The van der Waals surface area contributed by atoms with Crippen LogP contribution >= 0.6 is 0 Å². The van der Waals surface area contributed by atoms with Crippen molar-refractivity contribution < 1.29 is 32.6 Å². The van der Waals surface area contributed by atoms with Gasteiger partial charge < -0.3 is 20.5 Å². The highest BCUT2D eigenvalue weighted by molar-refractivity contribution is 5.92. The third kappa shape index (κ3) is 5.13. The first-order chi connectivity index (χ1) is 14.8. The molecule has 10 heteroatoms.